The summed E-state index contributed by atoms with van der Waals surface area (Å²) in [5.74, 6) is 0.420. The zero-order valence-corrected chi connectivity index (χ0v) is 17.3. The van der Waals surface area contributed by atoms with E-state index in [-0.39, 0.29) is 16.5 Å². The minimum atomic E-state index is -3.60. The third-order valence-corrected chi connectivity index (χ3v) is 6.81. The standard InChI is InChI=1S/C23H20FNO5S/c24-19-5-1-18(2-6-19)23-12-8-20(30-23)7-11-22(26)17-3-9-21(10-4-17)31(27,28)25-13-15-29-16-14-25/h1-12H,13-16H2. The lowest BCUT2D eigenvalue weighted by atomic mass is 10.1. The second kappa shape index (κ2) is 8.97. The average molecular weight is 441 g/mol. The average Bonchev–Trinajstić information content (AvgIpc) is 3.28. The van der Waals surface area contributed by atoms with Crippen molar-refractivity contribution in [3.8, 4) is 11.3 Å². The zero-order chi connectivity index (χ0) is 21.8. The van der Waals surface area contributed by atoms with Gasteiger partial charge in [0.05, 0.1) is 18.1 Å². The lowest BCUT2D eigenvalue weighted by Gasteiger charge is -2.26. The van der Waals surface area contributed by atoms with E-state index in [2.05, 4.69) is 0 Å². The Morgan fingerprint density at radius 3 is 2.29 bits per heavy atom. The van der Waals surface area contributed by atoms with Gasteiger partial charge in [-0.2, -0.15) is 4.31 Å². The molecule has 0 saturated carbocycles. The van der Waals surface area contributed by atoms with E-state index >= 15 is 0 Å². The number of hydrogen-bond donors (Lipinski definition) is 0. The molecule has 8 heteroatoms. The second-order valence-electron chi connectivity index (χ2n) is 6.95. The first-order valence-electron chi connectivity index (χ1n) is 9.70. The van der Waals surface area contributed by atoms with Gasteiger partial charge in [0.25, 0.3) is 0 Å². The lowest BCUT2D eigenvalue weighted by molar-refractivity contribution is 0.0730. The van der Waals surface area contributed by atoms with Crippen molar-refractivity contribution in [1.29, 1.82) is 0 Å². The van der Waals surface area contributed by atoms with Crippen molar-refractivity contribution in [2.45, 2.75) is 4.90 Å². The maximum Gasteiger partial charge on any atom is 0.243 e. The van der Waals surface area contributed by atoms with Crippen LogP contribution in [0.15, 0.2) is 76.1 Å². The van der Waals surface area contributed by atoms with E-state index in [0.717, 1.165) is 5.56 Å². The molecule has 0 bridgehead atoms. The van der Waals surface area contributed by atoms with Gasteiger partial charge in [-0.25, -0.2) is 12.8 Å². The van der Waals surface area contributed by atoms with Crippen molar-refractivity contribution in [2.24, 2.45) is 0 Å². The summed E-state index contributed by atoms with van der Waals surface area (Å²) in [6.45, 7) is 1.37. The van der Waals surface area contributed by atoms with Crippen LogP contribution in [0.5, 0.6) is 0 Å². The fourth-order valence-corrected chi connectivity index (χ4v) is 4.60. The Morgan fingerprint density at radius 2 is 1.61 bits per heavy atom. The molecule has 6 nitrogen and oxygen atoms in total. The monoisotopic (exact) mass is 441 g/mol. The maximum absolute atomic E-state index is 13.0. The van der Waals surface area contributed by atoms with Gasteiger partial charge in [-0.05, 0) is 72.8 Å². The number of benzene rings is 2. The molecule has 4 rings (SSSR count). The van der Waals surface area contributed by atoms with Crippen LogP contribution in [0.1, 0.15) is 16.1 Å². The molecule has 0 aliphatic carbocycles. The van der Waals surface area contributed by atoms with Crippen LogP contribution in [0.25, 0.3) is 17.4 Å². The van der Waals surface area contributed by atoms with Gasteiger partial charge < -0.3 is 9.15 Å². The Hall–Kier alpha value is -3.07. The van der Waals surface area contributed by atoms with Gasteiger partial charge in [0, 0.05) is 24.2 Å². The topological polar surface area (TPSA) is 76.8 Å². The molecule has 160 valence electrons. The van der Waals surface area contributed by atoms with E-state index in [9.17, 15) is 17.6 Å². The molecule has 0 N–H and O–H groups in total. The number of ketones is 1. The molecule has 31 heavy (non-hydrogen) atoms. The van der Waals surface area contributed by atoms with E-state index in [1.54, 1.807) is 24.3 Å². The third-order valence-electron chi connectivity index (χ3n) is 4.90. The Bertz CT molecular complexity index is 1190. The molecule has 1 fully saturated rings. The number of sulfonamides is 1. The van der Waals surface area contributed by atoms with E-state index in [4.69, 9.17) is 9.15 Å². The summed E-state index contributed by atoms with van der Waals surface area (Å²) in [6.07, 6.45) is 2.90. The normalized spacial score (nSPS) is 15.4. The van der Waals surface area contributed by atoms with Gasteiger partial charge in [0.15, 0.2) is 5.78 Å². The SMILES string of the molecule is O=C(C=Cc1ccc(-c2ccc(F)cc2)o1)c1ccc(S(=O)(=O)N2CCOCC2)cc1. The molecule has 2 aromatic carbocycles. The van der Waals surface area contributed by atoms with Crippen molar-refractivity contribution >= 4 is 21.9 Å². The van der Waals surface area contributed by atoms with Crippen LogP contribution in [-0.4, -0.2) is 44.8 Å². The summed E-state index contributed by atoms with van der Waals surface area (Å²) < 4.78 is 50.6. The van der Waals surface area contributed by atoms with Crippen LogP contribution >= 0.6 is 0 Å². The molecular formula is C23H20FNO5S. The lowest BCUT2D eigenvalue weighted by Crippen LogP contribution is -2.40. The number of hydrogen-bond acceptors (Lipinski definition) is 5. The largest absolute Gasteiger partial charge is 0.457 e. The smallest absolute Gasteiger partial charge is 0.243 e. The Balaban J connectivity index is 1.44. The summed E-state index contributed by atoms with van der Waals surface area (Å²) in [5, 5.41) is 0. The predicted octanol–water partition coefficient (Wildman–Crippen LogP) is 4.00. The van der Waals surface area contributed by atoms with Crippen LogP contribution in [0.4, 0.5) is 4.39 Å². The van der Waals surface area contributed by atoms with Gasteiger partial charge in [0.2, 0.25) is 10.0 Å². The molecule has 1 saturated heterocycles. The predicted molar refractivity (Wildman–Crippen MR) is 113 cm³/mol. The highest BCUT2D eigenvalue weighted by Gasteiger charge is 2.26. The molecule has 0 unspecified atom stereocenters. The fraction of sp³-hybridized carbons (Fsp3) is 0.174. The van der Waals surface area contributed by atoms with Gasteiger partial charge in [-0.3, -0.25) is 4.79 Å². The minimum absolute atomic E-state index is 0.143. The number of carbonyl (C=O) groups is 1. The maximum atomic E-state index is 13.0. The highest BCUT2D eigenvalue weighted by Crippen LogP contribution is 2.23. The number of ether oxygens (including phenoxy) is 1. The molecule has 0 radical (unpaired) electrons. The number of furan rings is 1. The number of halogens is 1. The second-order valence-corrected chi connectivity index (χ2v) is 8.89. The summed E-state index contributed by atoms with van der Waals surface area (Å²) >= 11 is 0. The number of rotatable bonds is 6. The molecule has 0 spiro atoms. The molecule has 0 atom stereocenters. The van der Waals surface area contributed by atoms with E-state index < -0.39 is 10.0 Å². The Labute approximate surface area is 179 Å². The fourth-order valence-electron chi connectivity index (χ4n) is 3.19. The summed E-state index contributed by atoms with van der Waals surface area (Å²) in [4.78, 5) is 12.6. The number of carbonyl (C=O) groups excluding carboxylic acids is 1. The number of allylic oxidation sites excluding steroid dienone is 1. The summed E-state index contributed by atoms with van der Waals surface area (Å²) in [5.41, 5.74) is 1.09. The first kappa shape index (κ1) is 21.2. The van der Waals surface area contributed by atoms with Gasteiger partial charge in [0.1, 0.15) is 17.3 Å². The third kappa shape index (κ3) is 4.82. The summed E-state index contributed by atoms with van der Waals surface area (Å²) in [6, 6.07) is 15.2. The quantitative estimate of drug-likeness (QED) is 0.427. The van der Waals surface area contributed by atoms with Crippen LogP contribution in [0.2, 0.25) is 0 Å². The van der Waals surface area contributed by atoms with Crippen LogP contribution in [0, 0.1) is 5.82 Å². The highest BCUT2D eigenvalue weighted by molar-refractivity contribution is 7.89. The molecule has 1 aliphatic rings. The molecule has 0 amide bonds. The van der Waals surface area contributed by atoms with Crippen molar-refractivity contribution in [2.75, 3.05) is 26.3 Å². The Kier molecular flexibility index (Phi) is 6.13. The van der Waals surface area contributed by atoms with E-state index in [1.807, 2.05) is 0 Å². The molecular weight excluding hydrogens is 421 g/mol. The van der Waals surface area contributed by atoms with E-state index in [1.165, 1.54) is 52.9 Å². The van der Waals surface area contributed by atoms with Crippen molar-refractivity contribution < 1.29 is 26.8 Å². The first-order chi connectivity index (χ1) is 14.9. The Morgan fingerprint density at radius 1 is 0.935 bits per heavy atom. The van der Waals surface area contributed by atoms with Gasteiger partial charge in [-0.15, -0.1) is 0 Å². The number of nitrogens with zero attached hydrogens (tertiary/aromatic N) is 1. The van der Waals surface area contributed by atoms with Crippen molar-refractivity contribution in [3.05, 3.63) is 83.9 Å². The number of morpholine rings is 1. The molecule has 2 heterocycles. The molecule has 1 aromatic heterocycles. The van der Waals surface area contributed by atoms with Gasteiger partial charge in [-0.1, -0.05) is 0 Å². The van der Waals surface area contributed by atoms with Gasteiger partial charge >= 0.3 is 0 Å². The summed E-state index contributed by atoms with van der Waals surface area (Å²) in [7, 11) is -3.60. The highest BCUT2D eigenvalue weighted by atomic mass is 32.2. The molecule has 1 aliphatic heterocycles. The first-order valence-corrected chi connectivity index (χ1v) is 11.1. The van der Waals surface area contributed by atoms with Crippen LogP contribution in [-0.2, 0) is 14.8 Å². The minimum Gasteiger partial charge on any atom is -0.457 e. The molecule has 3 aromatic rings. The van der Waals surface area contributed by atoms with Crippen molar-refractivity contribution in [1.82, 2.24) is 4.31 Å². The van der Waals surface area contributed by atoms with E-state index in [0.29, 0.717) is 43.4 Å². The van der Waals surface area contributed by atoms with Crippen molar-refractivity contribution in [3.63, 3.8) is 0 Å². The van der Waals surface area contributed by atoms with Crippen LogP contribution < -0.4 is 0 Å². The van der Waals surface area contributed by atoms with Crippen LogP contribution in [0.3, 0.4) is 0 Å². The zero-order valence-electron chi connectivity index (χ0n) is 16.5.